The molecule has 226 valence electrons. The first-order chi connectivity index (χ1) is 19.9. The monoisotopic (exact) mass is 613 g/mol. The molecule has 2 amide bonds. The van der Waals surface area contributed by atoms with Gasteiger partial charge in [0.25, 0.3) is 10.0 Å². The summed E-state index contributed by atoms with van der Waals surface area (Å²) in [5, 5.41) is 3.31. The Hall–Kier alpha value is -3.56. The maximum absolute atomic E-state index is 14.2. The molecule has 0 fully saturated rings. The molecule has 0 aliphatic heterocycles. The van der Waals surface area contributed by atoms with Gasteiger partial charge in [-0.15, -0.1) is 0 Å². The summed E-state index contributed by atoms with van der Waals surface area (Å²) >= 11 is 6.31. The van der Waals surface area contributed by atoms with Gasteiger partial charge in [-0.3, -0.25) is 13.9 Å². The van der Waals surface area contributed by atoms with E-state index in [0.29, 0.717) is 22.8 Å². The highest BCUT2D eigenvalue weighted by molar-refractivity contribution is 7.92. The van der Waals surface area contributed by atoms with Gasteiger partial charge in [0.15, 0.2) is 0 Å². The Bertz CT molecular complexity index is 1490. The zero-order valence-corrected chi connectivity index (χ0v) is 26.6. The molecule has 42 heavy (non-hydrogen) atoms. The summed E-state index contributed by atoms with van der Waals surface area (Å²) in [6, 6.07) is 17.7. The Kier molecular flexibility index (Phi) is 11.4. The fourth-order valence-electron chi connectivity index (χ4n) is 4.53. The third-order valence-corrected chi connectivity index (χ3v) is 9.21. The number of ether oxygens (including phenoxy) is 1. The first-order valence-electron chi connectivity index (χ1n) is 14.0. The van der Waals surface area contributed by atoms with Crippen LogP contribution in [0.1, 0.15) is 50.3 Å². The van der Waals surface area contributed by atoms with Crippen molar-refractivity contribution in [3.8, 4) is 5.75 Å². The van der Waals surface area contributed by atoms with Crippen molar-refractivity contribution in [2.45, 2.75) is 71.0 Å². The van der Waals surface area contributed by atoms with E-state index in [1.54, 1.807) is 56.5 Å². The van der Waals surface area contributed by atoms with Gasteiger partial charge in [-0.25, -0.2) is 8.42 Å². The van der Waals surface area contributed by atoms with Crippen molar-refractivity contribution in [3.63, 3.8) is 0 Å². The van der Waals surface area contributed by atoms with Crippen LogP contribution in [0.3, 0.4) is 0 Å². The average molecular weight is 614 g/mol. The average Bonchev–Trinajstić information content (AvgIpc) is 2.97. The highest BCUT2D eigenvalue weighted by Crippen LogP contribution is 2.30. The summed E-state index contributed by atoms with van der Waals surface area (Å²) in [6.45, 7) is 8.86. The minimum atomic E-state index is -4.19. The fraction of sp³-hybridized carbons (Fsp3) is 0.375. The number of benzene rings is 3. The molecule has 0 unspecified atom stereocenters. The van der Waals surface area contributed by atoms with Gasteiger partial charge in [0.1, 0.15) is 18.3 Å². The van der Waals surface area contributed by atoms with Gasteiger partial charge < -0.3 is 15.0 Å². The summed E-state index contributed by atoms with van der Waals surface area (Å²) in [5.74, 6) is -0.218. The highest BCUT2D eigenvalue weighted by atomic mass is 35.5. The van der Waals surface area contributed by atoms with E-state index < -0.39 is 28.5 Å². The molecule has 0 radical (unpaired) electrons. The van der Waals surface area contributed by atoms with Crippen LogP contribution in [0.5, 0.6) is 5.75 Å². The van der Waals surface area contributed by atoms with Crippen LogP contribution < -0.4 is 14.4 Å². The Morgan fingerprint density at radius 1 is 0.976 bits per heavy atom. The van der Waals surface area contributed by atoms with Crippen LogP contribution in [0, 0.1) is 13.8 Å². The lowest BCUT2D eigenvalue weighted by molar-refractivity contribution is -0.140. The lowest BCUT2D eigenvalue weighted by Crippen LogP contribution is -2.53. The van der Waals surface area contributed by atoms with Gasteiger partial charge in [0.05, 0.1) is 17.7 Å². The second-order valence-electron chi connectivity index (χ2n) is 10.4. The zero-order valence-electron chi connectivity index (χ0n) is 25.1. The molecule has 0 aliphatic rings. The Morgan fingerprint density at radius 3 is 2.29 bits per heavy atom. The number of carbonyl (C=O) groups is 2. The molecule has 3 aromatic carbocycles. The molecule has 0 aliphatic carbocycles. The molecule has 0 aromatic heterocycles. The summed E-state index contributed by atoms with van der Waals surface area (Å²) < 4.78 is 34.6. The highest BCUT2D eigenvalue weighted by Gasteiger charge is 2.34. The number of carbonyl (C=O) groups excluding carboxylic acids is 2. The predicted molar refractivity (Wildman–Crippen MR) is 167 cm³/mol. The number of hydrogen-bond donors (Lipinski definition) is 1. The van der Waals surface area contributed by atoms with Crippen molar-refractivity contribution < 1.29 is 22.7 Å². The van der Waals surface area contributed by atoms with Crippen molar-refractivity contribution >= 4 is 39.1 Å². The third-order valence-electron chi connectivity index (χ3n) is 7.20. The van der Waals surface area contributed by atoms with Gasteiger partial charge in [-0.2, -0.15) is 0 Å². The smallest absolute Gasteiger partial charge is 0.264 e. The van der Waals surface area contributed by atoms with Crippen LogP contribution in [0.15, 0.2) is 71.6 Å². The minimum absolute atomic E-state index is 0.0428. The van der Waals surface area contributed by atoms with Crippen LogP contribution in [0.2, 0.25) is 5.02 Å². The van der Waals surface area contributed by atoms with E-state index in [-0.39, 0.29) is 29.1 Å². The van der Waals surface area contributed by atoms with E-state index in [9.17, 15) is 18.0 Å². The van der Waals surface area contributed by atoms with E-state index in [1.807, 2.05) is 33.8 Å². The van der Waals surface area contributed by atoms with Crippen molar-refractivity contribution in [2.24, 2.45) is 0 Å². The first-order valence-corrected chi connectivity index (χ1v) is 15.8. The number of methoxy groups -OCH3 is 1. The number of rotatable bonds is 13. The van der Waals surface area contributed by atoms with E-state index in [4.69, 9.17) is 16.3 Å². The molecule has 0 saturated carbocycles. The SMILES string of the molecule is CC[C@@H](C)NC(=O)[C@H](CC)N(Cc1cccc(OC)c1)C(=O)CN(c1cc(Cl)ccc1C)S(=O)(=O)c1ccc(C)cc1. The molecule has 1 N–H and O–H groups in total. The van der Waals surface area contributed by atoms with Gasteiger partial charge in [-0.1, -0.05) is 61.3 Å². The molecular weight excluding hydrogens is 574 g/mol. The second kappa shape index (κ2) is 14.6. The van der Waals surface area contributed by atoms with Crippen molar-refractivity contribution in [2.75, 3.05) is 18.0 Å². The Labute approximate surface area is 254 Å². The van der Waals surface area contributed by atoms with E-state index in [0.717, 1.165) is 21.9 Å². The van der Waals surface area contributed by atoms with Crippen LogP contribution in [-0.2, 0) is 26.2 Å². The number of aryl methyl sites for hydroxylation is 2. The molecule has 0 bridgehead atoms. The molecule has 0 saturated heterocycles. The molecule has 3 aromatic rings. The molecule has 10 heteroatoms. The zero-order chi connectivity index (χ0) is 31.0. The second-order valence-corrected chi connectivity index (χ2v) is 12.7. The number of nitrogens with one attached hydrogen (secondary N) is 1. The predicted octanol–water partition coefficient (Wildman–Crippen LogP) is 5.88. The van der Waals surface area contributed by atoms with E-state index in [1.165, 1.54) is 23.1 Å². The molecular formula is C32H40ClN3O5S. The van der Waals surface area contributed by atoms with Crippen molar-refractivity contribution in [1.29, 1.82) is 0 Å². The molecule has 2 atom stereocenters. The number of halogens is 1. The number of nitrogens with zero attached hydrogens (tertiary/aromatic N) is 2. The minimum Gasteiger partial charge on any atom is -0.497 e. The van der Waals surface area contributed by atoms with Crippen LogP contribution >= 0.6 is 11.6 Å². The lowest BCUT2D eigenvalue weighted by atomic mass is 10.1. The summed E-state index contributed by atoms with van der Waals surface area (Å²) in [6.07, 6.45) is 1.06. The number of amides is 2. The van der Waals surface area contributed by atoms with Gasteiger partial charge in [0.2, 0.25) is 11.8 Å². The van der Waals surface area contributed by atoms with Gasteiger partial charge in [-0.05, 0) is 81.1 Å². The molecule has 0 heterocycles. The summed E-state index contributed by atoms with van der Waals surface area (Å²) in [5.41, 5.74) is 2.56. The molecule has 8 nitrogen and oxygen atoms in total. The van der Waals surface area contributed by atoms with E-state index in [2.05, 4.69) is 5.32 Å². The maximum atomic E-state index is 14.2. The number of hydrogen-bond acceptors (Lipinski definition) is 5. The largest absolute Gasteiger partial charge is 0.497 e. The number of anilines is 1. The van der Waals surface area contributed by atoms with Crippen molar-refractivity contribution in [3.05, 3.63) is 88.4 Å². The van der Waals surface area contributed by atoms with Crippen LogP contribution in [0.4, 0.5) is 5.69 Å². The normalized spacial score (nSPS) is 12.7. The van der Waals surface area contributed by atoms with E-state index >= 15 is 0 Å². The van der Waals surface area contributed by atoms with Crippen molar-refractivity contribution in [1.82, 2.24) is 10.2 Å². The maximum Gasteiger partial charge on any atom is 0.264 e. The van der Waals surface area contributed by atoms with Gasteiger partial charge in [0, 0.05) is 17.6 Å². The fourth-order valence-corrected chi connectivity index (χ4v) is 6.17. The Morgan fingerprint density at radius 2 is 1.67 bits per heavy atom. The number of sulfonamides is 1. The van der Waals surface area contributed by atoms with Gasteiger partial charge >= 0.3 is 0 Å². The standard InChI is InChI=1S/C32H40ClN3O5S/c1-7-24(5)34-32(38)29(8-2)35(20-25-10-9-11-27(18-25)41-6)31(37)21-36(30-19-26(33)15-14-23(30)4)42(39,40)28-16-12-22(3)13-17-28/h9-19,24,29H,7-8,20-21H2,1-6H3,(H,34,38)/t24-,29+/m1/s1. The summed E-state index contributed by atoms with van der Waals surface area (Å²) in [7, 11) is -2.64. The molecule has 3 rings (SSSR count). The van der Waals surface area contributed by atoms with Crippen LogP contribution in [-0.4, -0.2) is 50.9 Å². The lowest BCUT2D eigenvalue weighted by Gasteiger charge is -2.34. The third kappa shape index (κ3) is 8.04. The molecule has 0 spiro atoms. The van der Waals surface area contributed by atoms with Crippen LogP contribution in [0.25, 0.3) is 0 Å². The first kappa shape index (κ1) is 32.9. The quantitative estimate of drug-likeness (QED) is 0.260. The summed E-state index contributed by atoms with van der Waals surface area (Å²) in [4.78, 5) is 29.2. The topological polar surface area (TPSA) is 96.0 Å². The Balaban J connectivity index is 2.11.